The Labute approximate surface area is 209 Å². The van der Waals surface area contributed by atoms with E-state index in [1.807, 2.05) is 12.1 Å². The smallest absolute Gasteiger partial charge is 0.319 e. The third-order valence-corrected chi connectivity index (χ3v) is 8.18. The second kappa shape index (κ2) is 10.7. The van der Waals surface area contributed by atoms with Gasteiger partial charge in [-0.3, -0.25) is 4.57 Å². The summed E-state index contributed by atoms with van der Waals surface area (Å²) in [6.45, 7) is 7.17. The Balaban J connectivity index is 1.54. The van der Waals surface area contributed by atoms with Crippen molar-refractivity contribution in [2.75, 3.05) is 0 Å². The molecular formula is C28H30F2NO4P. The number of halogens is 2. The minimum Gasteiger partial charge on any atom is -0.454 e. The molecule has 0 heterocycles. The van der Waals surface area contributed by atoms with Crippen molar-refractivity contribution in [2.24, 2.45) is 5.92 Å². The summed E-state index contributed by atoms with van der Waals surface area (Å²) < 4.78 is 47.8. The molecule has 8 heteroatoms. The summed E-state index contributed by atoms with van der Waals surface area (Å²) in [5.74, 6) is 0.110. The Morgan fingerprint density at radius 2 is 1.56 bits per heavy atom. The van der Waals surface area contributed by atoms with Crippen LogP contribution in [0, 0.1) is 31.4 Å². The number of ether oxygens (including phenoxy) is 1. The third-order valence-electron chi connectivity index (χ3n) is 6.95. The molecule has 1 unspecified atom stereocenters. The molecule has 4 rings (SSSR count). The van der Waals surface area contributed by atoms with Crippen LogP contribution in [0.2, 0.25) is 0 Å². The molecule has 0 radical (unpaired) electrons. The van der Waals surface area contributed by atoms with Gasteiger partial charge in [0.05, 0.1) is 5.30 Å². The van der Waals surface area contributed by atoms with Crippen molar-refractivity contribution in [3.05, 3.63) is 89.5 Å². The van der Waals surface area contributed by atoms with E-state index in [1.54, 1.807) is 26.0 Å². The molecule has 3 aromatic rings. The van der Waals surface area contributed by atoms with Crippen molar-refractivity contribution in [2.45, 2.75) is 45.4 Å². The van der Waals surface area contributed by atoms with Crippen molar-refractivity contribution >= 4 is 12.8 Å². The second-order valence-electron chi connectivity index (χ2n) is 9.42. The summed E-state index contributed by atoms with van der Waals surface area (Å²) in [4.78, 5) is 9.80. The zero-order valence-corrected chi connectivity index (χ0v) is 21.2. The van der Waals surface area contributed by atoms with Crippen LogP contribution in [-0.2, 0) is 4.57 Å². The maximum absolute atomic E-state index is 15.0. The van der Waals surface area contributed by atoms with Crippen LogP contribution < -0.4 is 15.3 Å². The van der Waals surface area contributed by atoms with E-state index >= 15 is 4.39 Å². The highest BCUT2D eigenvalue weighted by molar-refractivity contribution is 7.63. The fraction of sp³-hybridized carbons (Fsp3) is 0.286. The third kappa shape index (κ3) is 5.45. The van der Waals surface area contributed by atoms with Crippen LogP contribution in [0.25, 0.3) is 11.1 Å². The number of hydrogen-bond acceptors (Lipinski definition) is 3. The van der Waals surface area contributed by atoms with Crippen LogP contribution in [0.3, 0.4) is 0 Å². The van der Waals surface area contributed by atoms with Gasteiger partial charge >= 0.3 is 7.52 Å². The van der Waals surface area contributed by atoms with E-state index in [1.165, 1.54) is 35.6 Å². The van der Waals surface area contributed by atoms with Crippen LogP contribution in [-0.4, -0.2) is 10.1 Å². The van der Waals surface area contributed by atoms with Crippen LogP contribution >= 0.6 is 7.52 Å². The van der Waals surface area contributed by atoms with E-state index < -0.39 is 13.3 Å². The van der Waals surface area contributed by atoms with Gasteiger partial charge in [-0.2, -0.15) is 0 Å². The van der Waals surface area contributed by atoms with Crippen molar-refractivity contribution in [1.82, 2.24) is 5.25 Å². The first-order chi connectivity index (χ1) is 17.1. The Bertz CT molecular complexity index is 1310. The van der Waals surface area contributed by atoms with E-state index in [-0.39, 0.29) is 22.8 Å². The summed E-state index contributed by atoms with van der Waals surface area (Å²) in [5, 5.41) is 10.4. The van der Waals surface area contributed by atoms with Crippen molar-refractivity contribution in [1.29, 1.82) is 0 Å². The summed E-state index contributed by atoms with van der Waals surface area (Å²) in [5.41, 5.74) is 2.81. The lowest BCUT2D eigenvalue weighted by Gasteiger charge is -2.27. The van der Waals surface area contributed by atoms with E-state index in [2.05, 4.69) is 6.58 Å². The highest BCUT2D eigenvalue weighted by Crippen LogP contribution is 2.40. The second-order valence-corrected chi connectivity index (χ2v) is 11.3. The molecule has 0 amide bonds. The molecule has 5 nitrogen and oxygen atoms in total. The molecule has 1 saturated carbocycles. The standard InChI is InChI=1S/C28H30F2NO4P/c1-4-19-5-7-20(8-6-19)24-11-9-21(15-25(24)29)22-10-12-27(26(30)16-22)35-28-17(2)13-23(14-18(28)3)36(33,34)31-32/h4,9-16,19-20,32H,1,5-8H2,2-3H3,(H2,31,33,34). The molecule has 0 bridgehead atoms. The molecule has 1 atom stereocenters. The summed E-state index contributed by atoms with van der Waals surface area (Å²) in [7, 11) is -4.11. The van der Waals surface area contributed by atoms with Gasteiger partial charge in [0.2, 0.25) is 0 Å². The lowest BCUT2D eigenvalue weighted by molar-refractivity contribution is 0.226. The number of hydrogen-bond donors (Lipinski definition) is 3. The quantitative estimate of drug-likeness (QED) is 0.176. The van der Waals surface area contributed by atoms with E-state index in [0.29, 0.717) is 39.5 Å². The van der Waals surface area contributed by atoms with Gasteiger partial charge in [0, 0.05) is 0 Å². The van der Waals surface area contributed by atoms with Gasteiger partial charge in [0.15, 0.2) is 11.6 Å². The highest BCUT2D eigenvalue weighted by Gasteiger charge is 2.24. The van der Waals surface area contributed by atoms with E-state index in [0.717, 1.165) is 25.7 Å². The molecule has 0 saturated heterocycles. The van der Waals surface area contributed by atoms with Crippen molar-refractivity contribution in [3.8, 4) is 22.6 Å². The van der Waals surface area contributed by atoms with E-state index in [9.17, 15) is 13.8 Å². The Hall–Kier alpha value is -2.83. The average molecular weight is 514 g/mol. The minimum atomic E-state index is -4.11. The van der Waals surface area contributed by atoms with Gasteiger partial charge in [0.1, 0.15) is 11.6 Å². The van der Waals surface area contributed by atoms with Gasteiger partial charge in [0.25, 0.3) is 0 Å². The number of benzene rings is 3. The molecule has 1 aliphatic rings. The van der Waals surface area contributed by atoms with Gasteiger partial charge < -0.3 is 14.8 Å². The zero-order chi connectivity index (χ0) is 26.0. The molecule has 0 aliphatic heterocycles. The molecule has 36 heavy (non-hydrogen) atoms. The largest absolute Gasteiger partial charge is 0.454 e. The number of rotatable bonds is 7. The summed E-state index contributed by atoms with van der Waals surface area (Å²) in [6, 6.07) is 12.3. The molecular weight excluding hydrogens is 483 g/mol. The van der Waals surface area contributed by atoms with Gasteiger partial charge in [-0.1, -0.05) is 24.3 Å². The normalized spacial score (nSPS) is 19.5. The SMILES string of the molecule is C=CC1CCC(c2ccc(-c3ccc(Oc4c(C)cc(P(=O)(O)NO)cc4C)c(F)c3)cc2F)CC1. The molecule has 0 spiro atoms. The monoisotopic (exact) mass is 513 g/mol. The number of aryl methyl sites for hydroxylation is 2. The van der Waals surface area contributed by atoms with Crippen LogP contribution in [0.4, 0.5) is 8.78 Å². The van der Waals surface area contributed by atoms with Crippen LogP contribution in [0.15, 0.2) is 61.2 Å². The van der Waals surface area contributed by atoms with Gasteiger partial charge in [-0.15, -0.1) is 11.8 Å². The minimum absolute atomic E-state index is 0.00222. The molecule has 0 aromatic heterocycles. The maximum atomic E-state index is 15.0. The predicted molar refractivity (Wildman–Crippen MR) is 137 cm³/mol. The number of nitrogens with one attached hydrogen (secondary N) is 1. The maximum Gasteiger partial charge on any atom is 0.319 e. The molecule has 3 aromatic carbocycles. The average Bonchev–Trinajstić information content (AvgIpc) is 2.87. The van der Waals surface area contributed by atoms with Crippen molar-refractivity contribution in [3.63, 3.8) is 0 Å². The topological polar surface area (TPSA) is 78.8 Å². The highest BCUT2D eigenvalue weighted by atomic mass is 31.2. The lowest BCUT2D eigenvalue weighted by Crippen LogP contribution is -2.16. The Kier molecular flexibility index (Phi) is 7.76. The first-order valence-corrected chi connectivity index (χ1v) is 13.5. The Morgan fingerprint density at radius 3 is 2.08 bits per heavy atom. The first kappa shape index (κ1) is 26.2. The van der Waals surface area contributed by atoms with Crippen LogP contribution in [0.5, 0.6) is 11.5 Å². The Morgan fingerprint density at radius 1 is 0.972 bits per heavy atom. The first-order valence-electron chi connectivity index (χ1n) is 11.9. The summed E-state index contributed by atoms with van der Waals surface area (Å²) in [6.07, 6.45) is 5.87. The van der Waals surface area contributed by atoms with Crippen molar-refractivity contribution < 1.29 is 28.2 Å². The zero-order valence-electron chi connectivity index (χ0n) is 20.3. The van der Waals surface area contributed by atoms with Gasteiger partial charge in [-0.05, 0) is 110 Å². The molecule has 190 valence electrons. The molecule has 1 fully saturated rings. The molecule has 1 aliphatic carbocycles. The molecule has 3 N–H and O–H groups in total. The van der Waals surface area contributed by atoms with E-state index in [4.69, 9.17) is 9.94 Å². The van der Waals surface area contributed by atoms with Gasteiger partial charge in [-0.25, -0.2) is 8.78 Å². The summed E-state index contributed by atoms with van der Waals surface area (Å²) >= 11 is 0. The fourth-order valence-electron chi connectivity index (χ4n) is 4.90. The number of allylic oxidation sites excluding steroid dienone is 1. The van der Waals surface area contributed by atoms with Crippen LogP contribution in [0.1, 0.15) is 48.3 Å². The lowest BCUT2D eigenvalue weighted by atomic mass is 9.78. The fourth-order valence-corrected chi connectivity index (χ4v) is 5.75. The predicted octanol–water partition coefficient (Wildman–Crippen LogP) is 7.29.